The van der Waals surface area contributed by atoms with Crippen molar-refractivity contribution in [2.45, 2.75) is 18.9 Å². The van der Waals surface area contributed by atoms with Gasteiger partial charge < -0.3 is 10.6 Å². The lowest BCUT2D eigenvalue weighted by Gasteiger charge is -2.29. The Hall–Kier alpha value is -0.980. The second-order valence-corrected chi connectivity index (χ2v) is 6.19. The first kappa shape index (κ1) is 15.4. The van der Waals surface area contributed by atoms with Crippen molar-refractivity contribution in [1.29, 1.82) is 0 Å². The number of nitrogens with two attached hydrogens (primary N) is 1. The van der Waals surface area contributed by atoms with E-state index >= 15 is 0 Å². The fourth-order valence-electron chi connectivity index (χ4n) is 2.59. The van der Waals surface area contributed by atoms with Gasteiger partial charge in [0.1, 0.15) is 0 Å². The highest BCUT2D eigenvalue weighted by Crippen LogP contribution is 2.25. The van der Waals surface area contributed by atoms with Crippen LogP contribution in [0.25, 0.3) is 0 Å². The molecule has 1 aliphatic heterocycles. The van der Waals surface area contributed by atoms with Gasteiger partial charge in [-0.05, 0) is 32.1 Å². The predicted molar refractivity (Wildman–Crippen MR) is 82.2 cm³/mol. The molecule has 0 aromatic carbocycles. The third-order valence-corrected chi connectivity index (χ3v) is 4.17. The molecule has 0 bridgehead atoms. The number of aromatic nitrogens is 1. The molecular weight excluding hydrogens is 320 g/mol. The maximum atomic E-state index is 11.4. The Bertz CT molecular complexity index is 468. The monoisotopic (exact) mass is 340 g/mol. The molecule has 1 saturated heterocycles. The summed E-state index contributed by atoms with van der Waals surface area (Å²) in [4.78, 5) is 20.5. The molecule has 1 aromatic heterocycles. The van der Waals surface area contributed by atoms with Gasteiger partial charge in [-0.3, -0.25) is 14.7 Å². The predicted octanol–water partition coefficient (Wildman–Crippen LogP) is 1.40. The van der Waals surface area contributed by atoms with E-state index in [4.69, 9.17) is 5.73 Å². The van der Waals surface area contributed by atoms with Crippen LogP contribution in [0.15, 0.2) is 22.8 Å². The van der Waals surface area contributed by atoms with Crippen LogP contribution in [0, 0.1) is 0 Å². The maximum absolute atomic E-state index is 11.4. The Labute approximate surface area is 128 Å². The van der Waals surface area contributed by atoms with Crippen molar-refractivity contribution >= 4 is 21.8 Å². The fourth-order valence-corrected chi connectivity index (χ4v) is 2.95. The number of amides is 1. The molecular formula is C14H21BrN4O. The molecule has 1 aromatic rings. The molecule has 2 rings (SSSR count). The molecule has 0 aliphatic carbocycles. The maximum Gasteiger partial charge on any atom is 0.219 e. The second-order valence-electron chi connectivity index (χ2n) is 5.28. The van der Waals surface area contributed by atoms with Crippen molar-refractivity contribution < 1.29 is 4.79 Å². The van der Waals surface area contributed by atoms with Crippen LogP contribution >= 0.6 is 15.9 Å². The van der Waals surface area contributed by atoms with Crippen LogP contribution in [0.2, 0.25) is 0 Å². The lowest BCUT2D eigenvalue weighted by atomic mass is 10.1. The number of hydrogen-bond acceptors (Lipinski definition) is 4. The highest BCUT2D eigenvalue weighted by atomic mass is 79.9. The van der Waals surface area contributed by atoms with Gasteiger partial charge in [0, 0.05) is 36.7 Å². The zero-order valence-electron chi connectivity index (χ0n) is 11.8. The number of carbonyl (C=O) groups excluding carboxylic acids is 1. The number of pyridine rings is 1. The largest absolute Gasteiger partial charge is 0.370 e. The average molecular weight is 341 g/mol. The standard InChI is InChI=1S/C14H21BrN4O/c1-18-5-2-6-19(8-7-18)13(10-14(16)20)12-9-11(15)3-4-17-12/h3-4,9,13H,2,5-8,10H2,1H3,(H2,16,20). The lowest BCUT2D eigenvalue weighted by molar-refractivity contribution is -0.119. The van der Waals surface area contributed by atoms with Crippen LogP contribution < -0.4 is 5.73 Å². The number of hydrogen-bond donors (Lipinski definition) is 1. The topological polar surface area (TPSA) is 62.5 Å². The van der Waals surface area contributed by atoms with Crippen LogP contribution in [-0.2, 0) is 4.79 Å². The summed E-state index contributed by atoms with van der Waals surface area (Å²) in [6, 6.07) is 3.83. The summed E-state index contributed by atoms with van der Waals surface area (Å²) >= 11 is 3.46. The summed E-state index contributed by atoms with van der Waals surface area (Å²) in [5.74, 6) is -0.283. The van der Waals surface area contributed by atoms with E-state index in [1.165, 1.54) is 0 Å². The average Bonchev–Trinajstić information content (AvgIpc) is 2.61. The van der Waals surface area contributed by atoms with Crippen molar-refractivity contribution in [3.8, 4) is 0 Å². The Morgan fingerprint density at radius 3 is 2.95 bits per heavy atom. The van der Waals surface area contributed by atoms with Crippen molar-refractivity contribution in [3.05, 3.63) is 28.5 Å². The Balaban J connectivity index is 2.20. The van der Waals surface area contributed by atoms with Gasteiger partial charge in [0.2, 0.25) is 5.91 Å². The smallest absolute Gasteiger partial charge is 0.219 e. The van der Waals surface area contributed by atoms with E-state index in [2.05, 4.69) is 37.8 Å². The normalized spacial score (nSPS) is 19.5. The van der Waals surface area contributed by atoms with Crippen molar-refractivity contribution in [2.24, 2.45) is 5.73 Å². The zero-order valence-corrected chi connectivity index (χ0v) is 13.3. The first-order valence-electron chi connectivity index (χ1n) is 6.88. The van der Waals surface area contributed by atoms with Gasteiger partial charge in [-0.1, -0.05) is 15.9 Å². The van der Waals surface area contributed by atoms with Crippen molar-refractivity contribution in [2.75, 3.05) is 33.2 Å². The molecule has 1 aliphatic rings. The highest BCUT2D eigenvalue weighted by molar-refractivity contribution is 9.10. The molecule has 2 heterocycles. The van der Waals surface area contributed by atoms with E-state index in [1.54, 1.807) is 6.20 Å². The van der Waals surface area contributed by atoms with Crippen LogP contribution in [0.4, 0.5) is 0 Å². The summed E-state index contributed by atoms with van der Waals surface area (Å²) < 4.78 is 0.976. The third kappa shape index (κ3) is 4.26. The first-order chi connectivity index (χ1) is 9.56. The molecule has 0 spiro atoms. The molecule has 6 heteroatoms. The van der Waals surface area contributed by atoms with Gasteiger partial charge in [0.25, 0.3) is 0 Å². The number of halogens is 1. The van der Waals surface area contributed by atoms with Crippen LogP contribution in [-0.4, -0.2) is 53.9 Å². The van der Waals surface area contributed by atoms with E-state index in [-0.39, 0.29) is 11.9 Å². The molecule has 110 valence electrons. The molecule has 5 nitrogen and oxygen atoms in total. The first-order valence-corrected chi connectivity index (χ1v) is 7.68. The minimum absolute atomic E-state index is 0.0310. The van der Waals surface area contributed by atoms with Gasteiger partial charge in [0.15, 0.2) is 0 Å². The van der Waals surface area contributed by atoms with Gasteiger partial charge in [-0.15, -0.1) is 0 Å². The van der Waals surface area contributed by atoms with E-state index in [9.17, 15) is 4.79 Å². The van der Waals surface area contributed by atoms with Crippen molar-refractivity contribution in [3.63, 3.8) is 0 Å². The van der Waals surface area contributed by atoms with Crippen LogP contribution in [0.5, 0.6) is 0 Å². The lowest BCUT2D eigenvalue weighted by Crippen LogP contribution is -2.35. The minimum atomic E-state index is -0.283. The Kier molecular flexibility index (Phi) is 5.51. The Morgan fingerprint density at radius 1 is 1.45 bits per heavy atom. The molecule has 20 heavy (non-hydrogen) atoms. The second kappa shape index (κ2) is 7.15. The third-order valence-electron chi connectivity index (χ3n) is 3.67. The number of rotatable bonds is 4. The van der Waals surface area contributed by atoms with E-state index in [0.29, 0.717) is 6.42 Å². The molecule has 1 fully saturated rings. The molecule has 2 N–H and O–H groups in total. The molecule has 0 saturated carbocycles. The van der Waals surface area contributed by atoms with Gasteiger partial charge in [0.05, 0.1) is 11.7 Å². The summed E-state index contributed by atoms with van der Waals surface area (Å²) in [6.07, 6.45) is 3.17. The van der Waals surface area contributed by atoms with E-state index < -0.39 is 0 Å². The summed E-state index contributed by atoms with van der Waals surface area (Å²) in [7, 11) is 2.13. The number of primary amides is 1. The Morgan fingerprint density at radius 2 is 2.25 bits per heavy atom. The summed E-state index contributed by atoms with van der Waals surface area (Å²) in [6.45, 7) is 3.99. The molecule has 1 atom stereocenters. The molecule has 0 radical (unpaired) electrons. The number of nitrogens with zero attached hydrogens (tertiary/aromatic N) is 3. The van der Waals surface area contributed by atoms with Gasteiger partial charge in [-0.2, -0.15) is 0 Å². The van der Waals surface area contributed by atoms with E-state index in [1.807, 2.05) is 12.1 Å². The highest BCUT2D eigenvalue weighted by Gasteiger charge is 2.25. The summed E-state index contributed by atoms with van der Waals surface area (Å²) in [5.41, 5.74) is 6.33. The van der Waals surface area contributed by atoms with Gasteiger partial charge >= 0.3 is 0 Å². The summed E-state index contributed by atoms with van der Waals surface area (Å²) in [5, 5.41) is 0. The van der Waals surface area contributed by atoms with Crippen molar-refractivity contribution in [1.82, 2.24) is 14.8 Å². The van der Waals surface area contributed by atoms with E-state index in [0.717, 1.165) is 42.8 Å². The van der Waals surface area contributed by atoms with Gasteiger partial charge in [-0.25, -0.2) is 0 Å². The van der Waals surface area contributed by atoms with Crippen LogP contribution in [0.3, 0.4) is 0 Å². The fraction of sp³-hybridized carbons (Fsp3) is 0.571. The SMILES string of the molecule is CN1CCCN(C(CC(N)=O)c2cc(Br)ccn2)CC1. The zero-order chi connectivity index (χ0) is 14.5. The molecule has 1 unspecified atom stereocenters. The quantitative estimate of drug-likeness (QED) is 0.899. The number of likely N-dealkylation sites (N-methyl/N-ethyl adjacent to an activating group) is 1. The molecule has 1 amide bonds. The van der Waals surface area contributed by atoms with Crippen LogP contribution in [0.1, 0.15) is 24.6 Å². The number of carbonyl (C=O) groups is 1. The minimum Gasteiger partial charge on any atom is -0.370 e.